The van der Waals surface area contributed by atoms with Crippen LogP contribution in [0.5, 0.6) is 11.5 Å². The fourth-order valence-electron chi connectivity index (χ4n) is 2.92. The minimum absolute atomic E-state index is 0.271. The van der Waals surface area contributed by atoms with E-state index < -0.39 is 0 Å². The molecule has 1 aromatic heterocycles. The average molecular weight is 392 g/mol. The molecule has 0 atom stereocenters. The summed E-state index contributed by atoms with van der Waals surface area (Å²) in [5, 5.41) is 2.88. The lowest BCUT2D eigenvalue weighted by atomic mass is 10.2. The molecule has 0 radical (unpaired) electrons. The van der Waals surface area contributed by atoms with Crippen LogP contribution >= 0.6 is 0 Å². The Hall–Kier alpha value is -3.61. The molecule has 3 rings (SSSR count). The number of ether oxygens (including phenoxy) is 2. The quantitative estimate of drug-likeness (QED) is 0.631. The summed E-state index contributed by atoms with van der Waals surface area (Å²) >= 11 is 0. The number of nitrogens with zero attached hydrogens (tertiary/aromatic N) is 3. The first-order chi connectivity index (χ1) is 14.2. The van der Waals surface area contributed by atoms with E-state index in [9.17, 15) is 4.79 Å². The Labute approximate surface area is 170 Å². The maximum absolute atomic E-state index is 12.6. The summed E-state index contributed by atoms with van der Waals surface area (Å²) in [4.78, 5) is 23.4. The monoisotopic (exact) mass is 392 g/mol. The number of aromatic nitrogens is 2. The molecule has 0 bridgehead atoms. The first-order valence-corrected chi connectivity index (χ1v) is 9.31. The summed E-state index contributed by atoms with van der Waals surface area (Å²) in [6.07, 6.45) is 1.60. The molecule has 0 spiro atoms. The van der Waals surface area contributed by atoms with E-state index in [4.69, 9.17) is 9.47 Å². The van der Waals surface area contributed by atoms with E-state index in [1.165, 1.54) is 0 Å². The molecule has 150 valence electrons. The van der Waals surface area contributed by atoms with Gasteiger partial charge in [-0.05, 0) is 42.8 Å². The molecular formula is C22H24N4O3. The first-order valence-electron chi connectivity index (χ1n) is 9.31. The molecule has 0 unspecified atom stereocenters. The van der Waals surface area contributed by atoms with E-state index in [1.54, 1.807) is 26.5 Å². The highest BCUT2D eigenvalue weighted by Gasteiger charge is 2.14. The maximum atomic E-state index is 12.6. The zero-order valence-corrected chi connectivity index (χ0v) is 16.8. The van der Waals surface area contributed by atoms with Crippen LogP contribution in [0.25, 0.3) is 0 Å². The van der Waals surface area contributed by atoms with Crippen molar-refractivity contribution in [2.75, 3.05) is 25.7 Å². The van der Waals surface area contributed by atoms with Crippen molar-refractivity contribution in [3.8, 4) is 11.5 Å². The standard InChI is InChI=1S/C22H24N4O3/c1-4-26(17-8-6-5-7-9-17)22-23-13-12-18(25-22)21(27)24-15-16-10-11-19(28-2)20(14-16)29-3/h5-14H,4,15H2,1-3H3,(H,24,27). The van der Waals surface area contributed by atoms with Gasteiger partial charge in [0.25, 0.3) is 5.91 Å². The van der Waals surface area contributed by atoms with Gasteiger partial charge < -0.3 is 19.7 Å². The van der Waals surface area contributed by atoms with E-state index >= 15 is 0 Å². The normalized spacial score (nSPS) is 10.3. The molecule has 0 aliphatic heterocycles. The molecule has 3 aromatic rings. The molecular weight excluding hydrogens is 368 g/mol. The van der Waals surface area contributed by atoms with E-state index in [1.807, 2.05) is 60.4 Å². The molecule has 1 heterocycles. The molecule has 7 heteroatoms. The number of methoxy groups -OCH3 is 2. The Morgan fingerprint density at radius 3 is 2.48 bits per heavy atom. The van der Waals surface area contributed by atoms with Gasteiger partial charge in [0.1, 0.15) is 5.69 Å². The highest BCUT2D eigenvalue weighted by molar-refractivity contribution is 5.92. The van der Waals surface area contributed by atoms with Crippen molar-refractivity contribution in [2.24, 2.45) is 0 Å². The molecule has 0 fully saturated rings. The Bertz CT molecular complexity index is 963. The number of benzene rings is 2. The van der Waals surface area contributed by atoms with Gasteiger partial charge in [0.2, 0.25) is 5.95 Å². The number of para-hydroxylation sites is 1. The van der Waals surface area contributed by atoms with Gasteiger partial charge in [-0.15, -0.1) is 0 Å². The Kier molecular flexibility index (Phi) is 6.63. The number of rotatable bonds is 8. The van der Waals surface area contributed by atoms with Crippen LogP contribution in [-0.4, -0.2) is 36.6 Å². The summed E-state index contributed by atoms with van der Waals surface area (Å²) in [6.45, 7) is 3.04. The van der Waals surface area contributed by atoms with Crippen molar-refractivity contribution >= 4 is 17.5 Å². The molecule has 0 saturated carbocycles. The molecule has 2 aromatic carbocycles. The van der Waals surface area contributed by atoms with Gasteiger partial charge in [0, 0.05) is 25.0 Å². The number of hydrogen-bond donors (Lipinski definition) is 1. The molecule has 7 nitrogen and oxygen atoms in total. The van der Waals surface area contributed by atoms with Crippen molar-refractivity contribution in [3.05, 3.63) is 72.1 Å². The van der Waals surface area contributed by atoms with Crippen molar-refractivity contribution in [1.82, 2.24) is 15.3 Å². The third kappa shape index (κ3) is 4.82. The molecule has 29 heavy (non-hydrogen) atoms. The van der Waals surface area contributed by atoms with Crippen LogP contribution in [0.1, 0.15) is 23.0 Å². The predicted octanol–water partition coefficient (Wildman–Crippen LogP) is 3.58. The third-order valence-electron chi connectivity index (χ3n) is 4.40. The van der Waals surface area contributed by atoms with Gasteiger partial charge in [-0.2, -0.15) is 0 Å². The smallest absolute Gasteiger partial charge is 0.270 e. The van der Waals surface area contributed by atoms with Gasteiger partial charge in [0.05, 0.1) is 14.2 Å². The van der Waals surface area contributed by atoms with E-state index in [0.717, 1.165) is 11.3 Å². The van der Waals surface area contributed by atoms with Crippen LogP contribution in [0.4, 0.5) is 11.6 Å². The lowest BCUT2D eigenvalue weighted by Gasteiger charge is -2.21. The van der Waals surface area contributed by atoms with Crippen molar-refractivity contribution in [2.45, 2.75) is 13.5 Å². The SMILES string of the molecule is CCN(c1ccccc1)c1nccc(C(=O)NCc2ccc(OC)c(OC)c2)n1. The summed E-state index contributed by atoms with van der Waals surface area (Å²) in [6, 6.07) is 17.0. The number of carbonyl (C=O) groups is 1. The number of anilines is 2. The zero-order valence-electron chi connectivity index (χ0n) is 16.8. The third-order valence-corrected chi connectivity index (χ3v) is 4.40. The minimum Gasteiger partial charge on any atom is -0.493 e. The molecule has 1 N–H and O–H groups in total. The van der Waals surface area contributed by atoms with E-state index in [-0.39, 0.29) is 5.91 Å². The van der Waals surface area contributed by atoms with Crippen LogP contribution in [0.2, 0.25) is 0 Å². The number of hydrogen-bond acceptors (Lipinski definition) is 6. The van der Waals surface area contributed by atoms with Gasteiger partial charge in [-0.1, -0.05) is 24.3 Å². The lowest BCUT2D eigenvalue weighted by Crippen LogP contribution is -2.25. The molecule has 0 aliphatic rings. The Morgan fingerprint density at radius 1 is 1.03 bits per heavy atom. The zero-order chi connectivity index (χ0) is 20.6. The van der Waals surface area contributed by atoms with Crippen LogP contribution in [0, 0.1) is 0 Å². The Morgan fingerprint density at radius 2 is 1.79 bits per heavy atom. The number of amides is 1. The summed E-state index contributed by atoms with van der Waals surface area (Å²) in [5.41, 5.74) is 2.17. The van der Waals surface area contributed by atoms with Gasteiger partial charge >= 0.3 is 0 Å². The highest BCUT2D eigenvalue weighted by Crippen LogP contribution is 2.27. The molecule has 1 amide bonds. The van der Waals surface area contributed by atoms with E-state index in [2.05, 4.69) is 15.3 Å². The number of carbonyl (C=O) groups excluding carboxylic acids is 1. The number of nitrogens with one attached hydrogen (secondary N) is 1. The van der Waals surface area contributed by atoms with Crippen molar-refractivity contribution < 1.29 is 14.3 Å². The second-order valence-corrected chi connectivity index (χ2v) is 6.19. The lowest BCUT2D eigenvalue weighted by molar-refractivity contribution is 0.0945. The average Bonchev–Trinajstić information content (AvgIpc) is 2.78. The summed E-state index contributed by atoms with van der Waals surface area (Å²) in [7, 11) is 3.16. The van der Waals surface area contributed by atoms with Gasteiger partial charge in [-0.25, -0.2) is 9.97 Å². The van der Waals surface area contributed by atoms with Gasteiger partial charge in [-0.3, -0.25) is 4.79 Å². The largest absolute Gasteiger partial charge is 0.493 e. The first kappa shape index (κ1) is 20.1. The fraction of sp³-hybridized carbons (Fsp3) is 0.227. The second-order valence-electron chi connectivity index (χ2n) is 6.19. The van der Waals surface area contributed by atoms with E-state index in [0.29, 0.717) is 36.2 Å². The summed E-state index contributed by atoms with van der Waals surface area (Å²) in [5.74, 6) is 1.47. The van der Waals surface area contributed by atoms with Crippen molar-refractivity contribution in [3.63, 3.8) is 0 Å². The van der Waals surface area contributed by atoms with Crippen molar-refractivity contribution in [1.29, 1.82) is 0 Å². The predicted molar refractivity (Wildman–Crippen MR) is 112 cm³/mol. The topological polar surface area (TPSA) is 76.6 Å². The maximum Gasteiger partial charge on any atom is 0.270 e. The van der Waals surface area contributed by atoms with Gasteiger partial charge in [0.15, 0.2) is 11.5 Å². The highest BCUT2D eigenvalue weighted by atomic mass is 16.5. The van der Waals surface area contributed by atoms with Crippen LogP contribution < -0.4 is 19.7 Å². The summed E-state index contributed by atoms with van der Waals surface area (Å²) < 4.78 is 10.5. The second kappa shape index (κ2) is 9.54. The molecule has 0 saturated heterocycles. The Balaban J connectivity index is 1.73. The fourth-order valence-corrected chi connectivity index (χ4v) is 2.92. The minimum atomic E-state index is -0.271. The van der Waals surface area contributed by atoms with Crippen LogP contribution in [0.3, 0.4) is 0 Å². The van der Waals surface area contributed by atoms with Crippen LogP contribution in [-0.2, 0) is 6.54 Å². The van der Waals surface area contributed by atoms with Crippen LogP contribution in [0.15, 0.2) is 60.8 Å². The molecule has 0 aliphatic carbocycles.